The lowest BCUT2D eigenvalue weighted by Crippen LogP contribution is -2.43. The van der Waals surface area contributed by atoms with Crippen molar-refractivity contribution >= 4 is 45.1 Å². The van der Waals surface area contributed by atoms with Gasteiger partial charge in [0.15, 0.2) is 10.8 Å². The minimum absolute atomic E-state index is 0. The molecule has 2 fully saturated rings. The number of halogens is 1. The van der Waals surface area contributed by atoms with E-state index < -0.39 is 0 Å². The van der Waals surface area contributed by atoms with E-state index in [0.717, 1.165) is 42.3 Å². The predicted molar refractivity (Wildman–Crippen MR) is 133 cm³/mol. The summed E-state index contributed by atoms with van der Waals surface area (Å²) in [5.74, 6) is 0.724. The first kappa shape index (κ1) is 23.0. The van der Waals surface area contributed by atoms with Crippen LogP contribution in [0.2, 0.25) is 0 Å². The van der Waals surface area contributed by atoms with E-state index in [4.69, 9.17) is 4.98 Å². The number of thiazole rings is 1. The Bertz CT molecular complexity index is 1080. The third-order valence-electron chi connectivity index (χ3n) is 6.11. The second-order valence-corrected chi connectivity index (χ2v) is 9.89. The first-order valence-corrected chi connectivity index (χ1v) is 11.9. The van der Waals surface area contributed by atoms with Crippen molar-refractivity contribution in [3.05, 3.63) is 53.2 Å². The summed E-state index contributed by atoms with van der Waals surface area (Å²) in [5.41, 5.74) is 4.70. The van der Waals surface area contributed by atoms with Crippen LogP contribution in [0.15, 0.2) is 36.5 Å². The number of hydrogen-bond donors (Lipinski definition) is 1. The molecule has 1 saturated heterocycles. The fourth-order valence-corrected chi connectivity index (χ4v) is 5.75. The third-order valence-corrected chi connectivity index (χ3v) is 7.23. The molecule has 0 radical (unpaired) electrons. The van der Waals surface area contributed by atoms with Crippen LogP contribution in [0, 0.1) is 0 Å². The molecule has 32 heavy (non-hydrogen) atoms. The van der Waals surface area contributed by atoms with Crippen molar-refractivity contribution in [2.24, 2.45) is 0 Å². The smallest absolute Gasteiger partial charge is 0.243 e. The van der Waals surface area contributed by atoms with Gasteiger partial charge < -0.3 is 15.1 Å². The van der Waals surface area contributed by atoms with Crippen LogP contribution in [0.25, 0.3) is 10.3 Å². The molecule has 0 spiro atoms. The van der Waals surface area contributed by atoms with Crippen LogP contribution in [0.3, 0.4) is 0 Å². The van der Waals surface area contributed by atoms with E-state index in [2.05, 4.69) is 34.2 Å². The van der Waals surface area contributed by atoms with Crippen molar-refractivity contribution in [1.29, 1.82) is 0 Å². The Labute approximate surface area is 199 Å². The molecule has 1 N–H and O–H groups in total. The molecule has 1 aliphatic heterocycles. The Balaban J connectivity index is 0.00000245. The number of nitrogens with one attached hydrogen (secondary N) is 1. The molecule has 2 aliphatic rings. The van der Waals surface area contributed by atoms with E-state index in [9.17, 15) is 4.79 Å². The summed E-state index contributed by atoms with van der Waals surface area (Å²) in [6.45, 7) is 2.33. The Kier molecular flexibility index (Phi) is 6.98. The highest BCUT2D eigenvalue weighted by molar-refractivity contribution is 7.22. The zero-order chi connectivity index (χ0) is 21.4. The summed E-state index contributed by atoms with van der Waals surface area (Å²) in [4.78, 5) is 26.9. The van der Waals surface area contributed by atoms with Crippen molar-refractivity contribution in [3.63, 3.8) is 0 Å². The number of hydrogen-bond acceptors (Lipinski definition) is 6. The number of nitrogens with zero attached hydrogens (tertiary/aromatic N) is 4. The maximum atomic E-state index is 13.0. The van der Waals surface area contributed by atoms with E-state index in [1.807, 2.05) is 36.5 Å². The van der Waals surface area contributed by atoms with Crippen LogP contribution in [-0.4, -0.2) is 47.5 Å². The Hall–Kier alpha value is -2.22. The summed E-state index contributed by atoms with van der Waals surface area (Å²) in [5, 5.41) is 4.05. The summed E-state index contributed by atoms with van der Waals surface area (Å²) < 4.78 is 1.21. The van der Waals surface area contributed by atoms with E-state index in [1.165, 1.54) is 28.7 Å². The van der Waals surface area contributed by atoms with Gasteiger partial charge in [-0.2, -0.15) is 4.98 Å². The summed E-state index contributed by atoms with van der Waals surface area (Å²) >= 11 is 1.72. The van der Waals surface area contributed by atoms with Crippen molar-refractivity contribution in [1.82, 2.24) is 20.2 Å². The van der Waals surface area contributed by atoms with Gasteiger partial charge >= 0.3 is 0 Å². The number of carbonyl (C=O) groups excluding carboxylic acids is 1. The number of amides is 1. The van der Waals surface area contributed by atoms with Gasteiger partial charge in [0.05, 0.1) is 4.70 Å². The van der Waals surface area contributed by atoms with Crippen molar-refractivity contribution in [2.75, 3.05) is 25.5 Å². The summed E-state index contributed by atoms with van der Waals surface area (Å²) in [7, 11) is 4.20. The molecule has 6 nitrogen and oxygen atoms in total. The van der Waals surface area contributed by atoms with Gasteiger partial charge in [-0.3, -0.25) is 4.79 Å². The lowest BCUT2D eigenvalue weighted by molar-refractivity contribution is -0.122. The molecule has 2 aromatic heterocycles. The first-order chi connectivity index (χ1) is 15.1. The molecule has 1 atom stereocenters. The number of fused-ring (bicyclic) bond motifs is 1. The number of benzene rings is 1. The lowest BCUT2D eigenvalue weighted by atomic mass is 10.1. The second kappa shape index (κ2) is 9.73. The van der Waals surface area contributed by atoms with Gasteiger partial charge in [0.25, 0.3) is 0 Å². The van der Waals surface area contributed by atoms with E-state index in [1.54, 1.807) is 11.3 Å². The molecule has 170 valence electrons. The molecular weight excluding hydrogens is 442 g/mol. The average Bonchev–Trinajstić information content (AvgIpc) is 3.31. The van der Waals surface area contributed by atoms with Crippen LogP contribution in [0.4, 0.5) is 5.13 Å². The zero-order valence-corrected chi connectivity index (χ0v) is 20.2. The second-order valence-electron chi connectivity index (χ2n) is 8.91. The van der Waals surface area contributed by atoms with Gasteiger partial charge in [-0.05, 0) is 62.4 Å². The zero-order valence-electron chi connectivity index (χ0n) is 18.6. The van der Waals surface area contributed by atoms with E-state index >= 15 is 0 Å². The quantitative estimate of drug-likeness (QED) is 0.555. The Morgan fingerprint density at radius 1 is 1.22 bits per heavy atom. The van der Waals surface area contributed by atoms with E-state index in [0.29, 0.717) is 12.5 Å². The molecule has 1 aliphatic carbocycles. The topological polar surface area (TPSA) is 61.4 Å². The minimum Gasteiger partial charge on any atom is -0.350 e. The molecule has 1 amide bonds. The minimum atomic E-state index is -0.158. The largest absolute Gasteiger partial charge is 0.350 e. The molecule has 1 aromatic carbocycles. The van der Waals surface area contributed by atoms with Gasteiger partial charge in [-0.25, -0.2) is 4.98 Å². The third kappa shape index (κ3) is 4.75. The van der Waals surface area contributed by atoms with E-state index in [-0.39, 0.29) is 24.4 Å². The number of anilines is 1. The molecule has 1 saturated carbocycles. The molecule has 5 rings (SSSR count). The molecule has 3 aromatic rings. The number of pyridine rings is 1. The van der Waals surface area contributed by atoms with Crippen LogP contribution in [-0.2, 0) is 17.9 Å². The molecular formula is C24H30ClN5OS. The molecule has 1 unspecified atom stereocenters. The summed E-state index contributed by atoms with van der Waals surface area (Å²) in [6, 6.07) is 9.91. The summed E-state index contributed by atoms with van der Waals surface area (Å²) in [6.07, 6.45) is 6.38. The molecule has 8 heteroatoms. The molecule has 0 bridgehead atoms. The number of carbonyl (C=O) groups is 1. The predicted octanol–water partition coefficient (Wildman–Crippen LogP) is 4.34. The normalized spacial score (nSPS) is 18.2. The van der Waals surface area contributed by atoms with Crippen molar-refractivity contribution < 1.29 is 4.79 Å². The van der Waals surface area contributed by atoms with Crippen LogP contribution in [0.1, 0.15) is 48.3 Å². The highest BCUT2D eigenvalue weighted by Crippen LogP contribution is 2.47. The Morgan fingerprint density at radius 3 is 2.72 bits per heavy atom. The lowest BCUT2D eigenvalue weighted by Gasteiger charge is -2.23. The monoisotopic (exact) mass is 471 g/mol. The van der Waals surface area contributed by atoms with Gasteiger partial charge in [0.2, 0.25) is 5.91 Å². The van der Waals surface area contributed by atoms with Crippen LogP contribution >= 0.6 is 23.7 Å². The van der Waals surface area contributed by atoms with Crippen LogP contribution < -0.4 is 10.2 Å². The maximum absolute atomic E-state index is 13.0. The first-order valence-electron chi connectivity index (χ1n) is 11.1. The number of aromatic nitrogens is 2. The van der Waals surface area contributed by atoms with Gasteiger partial charge in [0.1, 0.15) is 6.04 Å². The van der Waals surface area contributed by atoms with Crippen molar-refractivity contribution in [2.45, 2.75) is 50.7 Å². The van der Waals surface area contributed by atoms with Gasteiger partial charge in [-0.1, -0.05) is 41.7 Å². The van der Waals surface area contributed by atoms with Gasteiger partial charge in [-0.15, -0.1) is 12.4 Å². The average molecular weight is 472 g/mol. The van der Waals surface area contributed by atoms with Crippen LogP contribution in [0.5, 0.6) is 0 Å². The van der Waals surface area contributed by atoms with Gasteiger partial charge in [0, 0.05) is 25.8 Å². The van der Waals surface area contributed by atoms with Crippen molar-refractivity contribution in [3.8, 4) is 0 Å². The molecule has 3 heterocycles. The number of rotatable bonds is 7. The fraction of sp³-hybridized carbons (Fsp3) is 0.458. The SMILES string of the molecule is CN(C)Cc1cnc2nc(N3CCCC3C(=O)NCc3ccccc3)sc2c1C1CC1.Cl. The fourth-order valence-electron chi connectivity index (χ4n) is 4.50. The highest BCUT2D eigenvalue weighted by Gasteiger charge is 2.34. The highest BCUT2D eigenvalue weighted by atomic mass is 35.5. The maximum Gasteiger partial charge on any atom is 0.243 e. The Morgan fingerprint density at radius 2 is 2.00 bits per heavy atom. The standard InChI is InChI=1S/C24H29N5OS.ClH/c1-28(2)15-18-14-25-22-21(20(18)17-10-11-17)31-24(27-22)29-12-6-9-19(29)23(30)26-13-16-7-4-3-5-8-16;/h3-5,7-8,14,17,19H,6,9-13,15H2,1-2H3,(H,26,30);1H.